The SMILES string of the molecule is Nc1ccc(N2CCC3NC(=O)CCC3C2)nc1. The zero-order valence-electron chi connectivity index (χ0n) is 10.3. The van der Waals surface area contributed by atoms with Gasteiger partial charge in [-0.15, -0.1) is 0 Å². The van der Waals surface area contributed by atoms with Gasteiger partial charge in [-0.1, -0.05) is 0 Å². The first kappa shape index (κ1) is 11.3. The van der Waals surface area contributed by atoms with Gasteiger partial charge < -0.3 is 16.0 Å². The number of amides is 1. The molecule has 5 nitrogen and oxygen atoms in total. The Kier molecular flexibility index (Phi) is 2.81. The van der Waals surface area contributed by atoms with Gasteiger partial charge in [0, 0.05) is 25.6 Å². The van der Waals surface area contributed by atoms with Crippen molar-refractivity contribution in [2.75, 3.05) is 23.7 Å². The van der Waals surface area contributed by atoms with Crippen molar-refractivity contribution in [3.05, 3.63) is 18.3 Å². The third-order valence-corrected chi connectivity index (χ3v) is 3.92. The highest BCUT2D eigenvalue weighted by Crippen LogP contribution is 2.27. The third-order valence-electron chi connectivity index (χ3n) is 3.92. The number of hydrogen-bond acceptors (Lipinski definition) is 4. The molecule has 0 radical (unpaired) electrons. The van der Waals surface area contributed by atoms with Gasteiger partial charge >= 0.3 is 0 Å². The predicted octanol–water partition coefficient (Wildman–Crippen LogP) is 0.769. The number of anilines is 2. The van der Waals surface area contributed by atoms with Crippen molar-refractivity contribution in [2.45, 2.75) is 25.3 Å². The van der Waals surface area contributed by atoms with E-state index in [1.54, 1.807) is 6.20 Å². The minimum atomic E-state index is 0.204. The predicted molar refractivity (Wildman–Crippen MR) is 70.1 cm³/mol. The maximum absolute atomic E-state index is 11.4. The second-order valence-corrected chi connectivity index (χ2v) is 5.16. The molecule has 2 aliphatic heterocycles. The molecule has 0 bridgehead atoms. The van der Waals surface area contributed by atoms with Crippen LogP contribution in [0.3, 0.4) is 0 Å². The first-order valence-electron chi connectivity index (χ1n) is 6.48. The van der Waals surface area contributed by atoms with Crippen molar-refractivity contribution >= 4 is 17.4 Å². The lowest BCUT2D eigenvalue weighted by molar-refractivity contribution is -0.124. The molecule has 0 aromatic carbocycles. The standard InChI is InChI=1S/C13H18N4O/c14-10-2-3-12(15-7-10)17-6-5-11-9(8-17)1-4-13(18)16-11/h2-3,7,9,11H,1,4-6,8,14H2,(H,16,18). The number of carbonyl (C=O) groups is 1. The Morgan fingerprint density at radius 3 is 3.06 bits per heavy atom. The van der Waals surface area contributed by atoms with Gasteiger partial charge in [-0.25, -0.2) is 4.98 Å². The van der Waals surface area contributed by atoms with E-state index >= 15 is 0 Å². The number of aromatic nitrogens is 1. The van der Waals surface area contributed by atoms with Crippen molar-refractivity contribution in [3.63, 3.8) is 0 Å². The van der Waals surface area contributed by atoms with Crippen LogP contribution in [-0.4, -0.2) is 30.0 Å². The van der Waals surface area contributed by atoms with Crippen molar-refractivity contribution in [3.8, 4) is 0 Å². The van der Waals surface area contributed by atoms with E-state index in [0.717, 1.165) is 31.7 Å². The number of piperidine rings is 2. The van der Waals surface area contributed by atoms with E-state index in [1.807, 2.05) is 12.1 Å². The largest absolute Gasteiger partial charge is 0.397 e. The zero-order chi connectivity index (χ0) is 12.5. The van der Waals surface area contributed by atoms with Crippen LogP contribution in [-0.2, 0) is 4.79 Å². The molecule has 3 N–H and O–H groups in total. The Morgan fingerprint density at radius 1 is 1.39 bits per heavy atom. The average Bonchev–Trinajstić information content (AvgIpc) is 2.39. The van der Waals surface area contributed by atoms with E-state index in [2.05, 4.69) is 15.2 Å². The average molecular weight is 246 g/mol. The monoisotopic (exact) mass is 246 g/mol. The number of rotatable bonds is 1. The summed E-state index contributed by atoms with van der Waals surface area (Å²) in [5.41, 5.74) is 6.34. The van der Waals surface area contributed by atoms with Gasteiger partial charge in [0.25, 0.3) is 0 Å². The van der Waals surface area contributed by atoms with Crippen LogP contribution < -0.4 is 16.0 Å². The fourth-order valence-corrected chi connectivity index (χ4v) is 2.90. The molecule has 18 heavy (non-hydrogen) atoms. The van der Waals surface area contributed by atoms with Crippen LogP contribution in [0.5, 0.6) is 0 Å². The van der Waals surface area contributed by atoms with Crippen molar-refractivity contribution in [1.29, 1.82) is 0 Å². The van der Waals surface area contributed by atoms with Crippen LogP contribution in [0.2, 0.25) is 0 Å². The van der Waals surface area contributed by atoms with E-state index < -0.39 is 0 Å². The summed E-state index contributed by atoms with van der Waals surface area (Å²) in [6, 6.07) is 4.21. The molecule has 2 atom stereocenters. The van der Waals surface area contributed by atoms with Crippen molar-refractivity contribution in [1.82, 2.24) is 10.3 Å². The number of pyridine rings is 1. The maximum atomic E-state index is 11.4. The Balaban J connectivity index is 1.70. The maximum Gasteiger partial charge on any atom is 0.220 e. The first-order valence-corrected chi connectivity index (χ1v) is 6.48. The van der Waals surface area contributed by atoms with E-state index in [-0.39, 0.29) is 5.91 Å². The molecule has 3 heterocycles. The smallest absolute Gasteiger partial charge is 0.220 e. The van der Waals surface area contributed by atoms with E-state index in [0.29, 0.717) is 24.1 Å². The fraction of sp³-hybridized carbons (Fsp3) is 0.538. The number of carbonyl (C=O) groups excluding carboxylic acids is 1. The lowest BCUT2D eigenvalue weighted by atomic mass is 9.85. The summed E-state index contributed by atoms with van der Waals surface area (Å²) in [6.45, 7) is 1.92. The summed E-state index contributed by atoms with van der Waals surface area (Å²) < 4.78 is 0. The lowest BCUT2D eigenvalue weighted by Gasteiger charge is -2.41. The van der Waals surface area contributed by atoms with E-state index in [1.165, 1.54) is 0 Å². The molecular weight excluding hydrogens is 228 g/mol. The lowest BCUT2D eigenvalue weighted by Crippen LogP contribution is -2.54. The van der Waals surface area contributed by atoms with Crippen LogP contribution in [0, 0.1) is 5.92 Å². The second-order valence-electron chi connectivity index (χ2n) is 5.16. The molecule has 2 saturated heterocycles. The minimum absolute atomic E-state index is 0.204. The number of nitrogens with two attached hydrogens (primary N) is 1. The highest BCUT2D eigenvalue weighted by atomic mass is 16.1. The number of hydrogen-bond donors (Lipinski definition) is 2. The molecule has 0 aliphatic carbocycles. The molecule has 2 fully saturated rings. The summed E-state index contributed by atoms with van der Waals surface area (Å²) in [7, 11) is 0. The number of fused-ring (bicyclic) bond motifs is 1. The molecule has 0 spiro atoms. The molecule has 1 aromatic rings. The zero-order valence-corrected chi connectivity index (χ0v) is 10.3. The molecule has 2 unspecified atom stereocenters. The second kappa shape index (κ2) is 4.48. The summed E-state index contributed by atoms with van der Waals surface area (Å²) >= 11 is 0. The normalized spacial score (nSPS) is 27.6. The van der Waals surface area contributed by atoms with Crippen LogP contribution >= 0.6 is 0 Å². The van der Waals surface area contributed by atoms with E-state index in [9.17, 15) is 4.79 Å². The van der Waals surface area contributed by atoms with Gasteiger partial charge in [-0.2, -0.15) is 0 Å². The van der Waals surface area contributed by atoms with Crippen LogP contribution in [0.15, 0.2) is 18.3 Å². The summed E-state index contributed by atoms with van der Waals surface area (Å²) in [6.07, 6.45) is 4.35. The molecule has 2 aliphatic rings. The van der Waals surface area contributed by atoms with Crippen LogP contribution in [0.1, 0.15) is 19.3 Å². The Morgan fingerprint density at radius 2 is 2.28 bits per heavy atom. The van der Waals surface area contributed by atoms with E-state index in [4.69, 9.17) is 5.73 Å². The highest BCUT2D eigenvalue weighted by molar-refractivity contribution is 5.77. The molecule has 1 amide bonds. The minimum Gasteiger partial charge on any atom is -0.397 e. The number of nitrogens with zero attached hydrogens (tertiary/aromatic N) is 2. The number of nitrogen functional groups attached to an aromatic ring is 1. The van der Waals surface area contributed by atoms with Gasteiger partial charge in [0.15, 0.2) is 0 Å². The van der Waals surface area contributed by atoms with Crippen LogP contribution in [0.4, 0.5) is 11.5 Å². The summed E-state index contributed by atoms with van der Waals surface area (Å²) in [4.78, 5) is 18.0. The van der Waals surface area contributed by atoms with Crippen molar-refractivity contribution in [2.24, 2.45) is 5.92 Å². The van der Waals surface area contributed by atoms with Gasteiger partial charge in [-0.05, 0) is 30.9 Å². The van der Waals surface area contributed by atoms with Gasteiger partial charge in [0.2, 0.25) is 5.91 Å². The Labute approximate surface area is 106 Å². The molecule has 3 rings (SSSR count). The summed E-state index contributed by atoms with van der Waals surface area (Å²) in [5.74, 6) is 1.74. The highest BCUT2D eigenvalue weighted by Gasteiger charge is 2.33. The molecule has 96 valence electrons. The molecule has 0 saturated carbocycles. The third kappa shape index (κ3) is 2.12. The quantitative estimate of drug-likeness (QED) is 0.767. The fourth-order valence-electron chi connectivity index (χ4n) is 2.90. The van der Waals surface area contributed by atoms with Crippen molar-refractivity contribution < 1.29 is 4.79 Å². The number of nitrogens with one attached hydrogen (secondary N) is 1. The van der Waals surface area contributed by atoms with Crippen LogP contribution in [0.25, 0.3) is 0 Å². The van der Waals surface area contributed by atoms with Gasteiger partial charge in [0.05, 0.1) is 11.9 Å². The molecule has 1 aromatic heterocycles. The Bertz CT molecular complexity index is 445. The summed E-state index contributed by atoms with van der Waals surface area (Å²) in [5, 5.41) is 3.09. The molecule has 5 heteroatoms. The molecular formula is C13H18N4O. The topological polar surface area (TPSA) is 71.2 Å². The van der Waals surface area contributed by atoms with Gasteiger partial charge in [0.1, 0.15) is 5.82 Å². The van der Waals surface area contributed by atoms with Gasteiger partial charge in [-0.3, -0.25) is 4.79 Å². The first-order chi connectivity index (χ1) is 8.72. The Hall–Kier alpha value is -1.78.